The molecule has 116 valence electrons. The predicted molar refractivity (Wildman–Crippen MR) is 92.2 cm³/mol. The van der Waals surface area contributed by atoms with E-state index in [4.69, 9.17) is 0 Å². The molecule has 1 saturated heterocycles. The fourth-order valence-corrected chi connectivity index (χ4v) is 4.05. The van der Waals surface area contributed by atoms with Crippen LogP contribution in [-0.2, 0) is 0 Å². The Morgan fingerprint density at radius 2 is 1.95 bits per heavy atom. The van der Waals surface area contributed by atoms with E-state index in [9.17, 15) is 4.79 Å². The summed E-state index contributed by atoms with van der Waals surface area (Å²) in [7, 11) is 0. The number of rotatable bonds is 4. The molecule has 4 heteroatoms. The summed E-state index contributed by atoms with van der Waals surface area (Å²) in [6, 6.07) is 8.43. The summed E-state index contributed by atoms with van der Waals surface area (Å²) in [6.07, 6.45) is 1.24. The highest BCUT2D eigenvalue weighted by Gasteiger charge is 2.32. The Morgan fingerprint density at radius 3 is 2.52 bits per heavy atom. The number of nitrogens with one attached hydrogen (secondary N) is 2. The molecule has 2 N–H and O–H groups in total. The smallest absolute Gasteiger partial charge is 0.251 e. The molecule has 2 rings (SSSR count). The van der Waals surface area contributed by atoms with E-state index >= 15 is 0 Å². The first-order valence-electron chi connectivity index (χ1n) is 7.64. The van der Waals surface area contributed by atoms with Gasteiger partial charge in [0.15, 0.2) is 0 Å². The third kappa shape index (κ3) is 4.40. The molecule has 0 aliphatic carbocycles. The first-order chi connectivity index (χ1) is 9.88. The van der Waals surface area contributed by atoms with Crippen molar-refractivity contribution in [2.75, 3.05) is 16.8 Å². The van der Waals surface area contributed by atoms with E-state index in [1.54, 1.807) is 0 Å². The Kier molecular flexibility index (Phi) is 5.20. The molecule has 1 aromatic rings. The zero-order chi connectivity index (χ0) is 15.5. The Labute approximate surface area is 132 Å². The fourth-order valence-electron chi connectivity index (χ4n) is 2.44. The lowest BCUT2D eigenvalue weighted by molar-refractivity contribution is 0.0943. The normalized spacial score (nSPS) is 21.1. The van der Waals surface area contributed by atoms with E-state index in [1.165, 1.54) is 12.2 Å². The van der Waals surface area contributed by atoms with Gasteiger partial charge in [0.05, 0.1) is 0 Å². The number of thioether (sulfide) groups is 1. The van der Waals surface area contributed by atoms with Gasteiger partial charge in [0, 0.05) is 29.1 Å². The molecule has 1 aliphatic rings. The summed E-state index contributed by atoms with van der Waals surface area (Å²) in [5.41, 5.74) is 2.13. The minimum atomic E-state index is -0.00917. The zero-order valence-electron chi connectivity index (χ0n) is 13.4. The van der Waals surface area contributed by atoms with Crippen LogP contribution in [0.4, 0.5) is 5.69 Å². The predicted octanol–water partition coefficient (Wildman–Crippen LogP) is 3.77. The highest BCUT2D eigenvalue weighted by Crippen LogP contribution is 2.35. The highest BCUT2D eigenvalue weighted by atomic mass is 32.2. The maximum absolute atomic E-state index is 11.9. The van der Waals surface area contributed by atoms with Crippen molar-refractivity contribution in [3.05, 3.63) is 29.8 Å². The summed E-state index contributed by atoms with van der Waals surface area (Å²) in [5, 5.41) is 6.54. The van der Waals surface area contributed by atoms with Gasteiger partial charge < -0.3 is 10.6 Å². The molecule has 0 bridgehead atoms. The Morgan fingerprint density at radius 1 is 1.29 bits per heavy atom. The summed E-state index contributed by atoms with van der Waals surface area (Å²) >= 11 is 2.01. The molecule has 1 heterocycles. The molecule has 1 amide bonds. The Hall–Kier alpha value is -1.16. The summed E-state index contributed by atoms with van der Waals surface area (Å²) in [6.45, 7) is 8.59. The van der Waals surface area contributed by atoms with Crippen LogP contribution in [0.3, 0.4) is 0 Å². The molecule has 0 saturated carbocycles. The number of anilines is 1. The van der Waals surface area contributed by atoms with Crippen LogP contribution in [0.1, 0.15) is 44.5 Å². The van der Waals surface area contributed by atoms with Crippen LogP contribution in [0.5, 0.6) is 0 Å². The first kappa shape index (κ1) is 16.2. The largest absolute Gasteiger partial charge is 0.381 e. The van der Waals surface area contributed by atoms with Gasteiger partial charge in [0.1, 0.15) is 0 Å². The van der Waals surface area contributed by atoms with Crippen LogP contribution < -0.4 is 10.6 Å². The second kappa shape index (κ2) is 6.73. The van der Waals surface area contributed by atoms with Gasteiger partial charge in [-0.05, 0) is 55.7 Å². The van der Waals surface area contributed by atoms with Crippen molar-refractivity contribution in [1.29, 1.82) is 0 Å². The molecule has 1 aromatic carbocycles. The van der Waals surface area contributed by atoms with Crippen molar-refractivity contribution < 1.29 is 4.79 Å². The monoisotopic (exact) mass is 306 g/mol. The van der Waals surface area contributed by atoms with Crippen LogP contribution in [0.2, 0.25) is 0 Å². The van der Waals surface area contributed by atoms with E-state index in [0.29, 0.717) is 17.0 Å². The quantitative estimate of drug-likeness (QED) is 0.889. The molecule has 1 unspecified atom stereocenters. The van der Waals surface area contributed by atoms with Crippen molar-refractivity contribution in [3.63, 3.8) is 0 Å². The van der Waals surface area contributed by atoms with Crippen molar-refractivity contribution in [1.82, 2.24) is 5.32 Å². The molecule has 3 nitrogen and oxygen atoms in total. The third-order valence-electron chi connectivity index (χ3n) is 4.03. The minimum Gasteiger partial charge on any atom is -0.381 e. The highest BCUT2D eigenvalue weighted by molar-refractivity contribution is 7.99. The van der Waals surface area contributed by atoms with Gasteiger partial charge in [-0.15, -0.1) is 0 Å². The Balaban J connectivity index is 2.00. The number of hydrogen-bond donors (Lipinski definition) is 2. The van der Waals surface area contributed by atoms with Crippen molar-refractivity contribution in [2.45, 2.75) is 46.2 Å². The molecule has 0 spiro atoms. The molecule has 21 heavy (non-hydrogen) atoms. The SMILES string of the molecule is CC(C)NC(=O)c1ccc(NC2CSCCC2(C)C)cc1. The van der Waals surface area contributed by atoms with E-state index in [1.807, 2.05) is 49.9 Å². The average molecular weight is 306 g/mol. The van der Waals surface area contributed by atoms with Crippen LogP contribution in [0, 0.1) is 5.41 Å². The topological polar surface area (TPSA) is 41.1 Å². The van der Waals surface area contributed by atoms with E-state index < -0.39 is 0 Å². The van der Waals surface area contributed by atoms with Crippen molar-refractivity contribution in [2.24, 2.45) is 5.41 Å². The molecule has 1 atom stereocenters. The summed E-state index contributed by atoms with van der Waals surface area (Å²) in [5.74, 6) is 2.38. The molecule has 0 radical (unpaired) electrons. The van der Waals surface area contributed by atoms with Crippen LogP contribution in [0.25, 0.3) is 0 Å². The number of amides is 1. The number of hydrogen-bond acceptors (Lipinski definition) is 3. The van der Waals surface area contributed by atoms with Gasteiger partial charge in [0.25, 0.3) is 5.91 Å². The third-order valence-corrected chi connectivity index (χ3v) is 5.09. The zero-order valence-corrected chi connectivity index (χ0v) is 14.2. The second-order valence-corrected chi connectivity index (χ2v) is 7.87. The van der Waals surface area contributed by atoms with Gasteiger partial charge >= 0.3 is 0 Å². The van der Waals surface area contributed by atoms with Crippen LogP contribution >= 0.6 is 11.8 Å². The average Bonchev–Trinajstić information content (AvgIpc) is 2.41. The first-order valence-corrected chi connectivity index (χ1v) is 8.79. The number of carbonyl (C=O) groups is 1. The fraction of sp³-hybridized carbons (Fsp3) is 0.588. The van der Waals surface area contributed by atoms with E-state index in [2.05, 4.69) is 24.5 Å². The van der Waals surface area contributed by atoms with Crippen molar-refractivity contribution >= 4 is 23.4 Å². The molecular formula is C17H26N2OS. The van der Waals surface area contributed by atoms with Gasteiger partial charge in [-0.2, -0.15) is 11.8 Å². The number of carbonyl (C=O) groups excluding carboxylic acids is 1. The second-order valence-electron chi connectivity index (χ2n) is 6.72. The maximum Gasteiger partial charge on any atom is 0.251 e. The van der Waals surface area contributed by atoms with E-state index in [0.717, 1.165) is 11.4 Å². The van der Waals surface area contributed by atoms with Gasteiger partial charge in [-0.3, -0.25) is 4.79 Å². The molecular weight excluding hydrogens is 280 g/mol. The molecule has 1 aliphatic heterocycles. The van der Waals surface area contributed by atoms with Crippen LogP contribution in [0.15, 0.2) is 24.3 Å². The van der Waals surface area contributed by atoms with Gasteiger partial charge in [0.2, 0.25) is 0 Å². The van der Waals surface area contributed by atoms with Gasteiger partial charge in [-0.1, -0.05) is 13.8 Å². The van der Waals surface area contributed by atoms with Crippen LogP contribution in [-0.4, -0.2) is 29.5 Å². The van der Waals surface area contributed by atoms with E-state index in [-0.39, 0.29) is 11.9 Å². The lowest BCUT2D eigenvalue weighted by Gasteiger charge is -2.39. The molecule has 0 aromatic heterocycles. The lowest BCUT2D eigenvalue weighted by atomic mass is 9.82. The maximum atomic E-state index is 11.9. The number of benzene rings is 1. The van der Waals surface area contributed by atoms with Crippen molar-refractivity contribution in [3.8, 4) is 0 Å². The molecule has 1 fully saturated rings. The van der Waals surface area contributed by atoms with Gasteiger partial charge in [-0.25, -0.2) is 0 Å². The Bertz CT molecular complexity index is 482. The standard InChI is InChI=1S/C17H26N2OS/c1-12(2)18-16(20)13-5-7-14(8-6-13)19-15-11-21-10-9-17(15,3)4/h5-8,12,15,19H,9-11H2,1-4H3,(H,18,20). The summed E-state index contributed by atoms with van der Waals surface area (Å²) in [4.78, 5) is 11.9. The summed E-state index contributed by atoms with van der Waals surface area (Å²) < 4.78 is 0. The minimum absolute atomic E-state index is 0.00917. The lowest BCUT2D eigenvalue weighted by Crippen LogP contribution is -2.41.